The van der Waals surface area contributed by atoms with Crippen molar-refractivity contribution < 1.29 is 4.79 Å². The number of benzene rings is 1. The van der Waals surface area contributed by atoms with Gasteiger partial charge in [-0.3, -0.25) is 9.36 Å². The molecule has 0 aliphatic heterocycles. The van der Waals surface area contributed by atoms with Gasteiger partial charge in [-0.25, -0.2) is 4.79 Å². The van der Waals surface area contributed by atoms with Crippen LogP contribution in [0.3, 0.4) is 0 Å². The topological polar surface area (TPSA) is 67.2 Å². The summed E-state index contributed by atoms with van der Waals surface area (Å²) >= 11 is 13.2. The zero-order valence-electron chi connectivity index (χ0n) is 17.9. The predicted octanol–water partition coefficient (Wildman–Crippen LogP) is 4.50. The third kappa shape index (κ3) is 6.25. The average molecular weight is 483 g/mol. The van der Waals surface area contributed by atoms with Crippen molar-refractivity contribution in [1.82, 2.24) is 14.5 Å². The summed E-state index contributed by atoms with van der Waals surface area (Å²) in [7, 11) is 0. The van der Waals surface area contributed by atoms with Crippen molar-refractivity contribution >= 4 is 46.6 Å². The van der Waals surface area contributed by atoms with Crippen molar-refractivity contribution in [3.05, 3.63) is 50.0 Å². The molecule has 1 heterocycles. The Kier molecular flexibility index (Phi) is 8.84. The SMILES string of the molecule is CCN(CC)CCn1c2c(c(SCC(=O)Nc3ccc(Cl)c(Cl)c3)nc1=O)CCCC2. The summed E-state index contributed by atoms with van der Waals surface area (Å²) in [4.78, 5) is 31.9. The lowest BCUT2D eigenvalue weighted by Gasteiger charge is -2.24. The molecule has 0 radical (unpaired) electrons. The second-order valence-corrected chi connectivity index (χ2v) is 9.25. The molecular formula is C22H28Cl2N4O2S. The smallest absolute Gasteiger partial charge is 0.325 e. The van der Waals surface area contributed by atoms with E-state index in [1.54, 1.807) is 18.2 Å². The molecule has 1 aromatic carbocycles. The molecule has 1 N–H and O–H groups in total. The highest BCUT2D eigenvalue weighted by Gasteiger charge is 2.21. The van der Waals surface area contributed by atoms with Crippen LogP contribution in [0.2, 0.25) is 10.0 Å². The monoisotopic (exact) mass is 482 g/mol. The minimum Gasteiger partial charge on any atom is -0.325 e. The second-order valence-electron chi connectivity index (χ2n) is 7.48. The van der Waals surface area contributed by atoms with Crippen molar-refractivity contribution in [3.8, 4) is 0 Å². The van der Waals surface area contributed by atoms with Crippen molar-refractivity contribution in [2.75, 3.05) is 30.7 Å². The van der Waals surface area contributed by atoms with Gasteiger partial charge in [0.1, 0.15) is 5.03 Å². The van der Waals surface area contributed by atoms with Crippen LogP contribution in [0.4, 0.5) is 5.69 Å². The molecule has 0 fully saturated rings. The predicted molar refractivity (Wildman–Crippen MR) is 129 cm³/mol. The Morgan fingerprint density at radius 2 is 1.94 bits per heavy atom. The standard InChI is InChI=1S/C22H28Cl2N4O2S/c1-3-27(4-2)11-12-28-19-8-6-5-7-16(19)21(26-22(28)30)31-14-20(29)25-15-9-10-17(23)18(24)13-15/h9-10,13H,3-8,11-12,14H2,1-2H3,(H,25,29). The van der Waals surface area contributed by atoms with E-state index in [1.807, 2.05) is 4.57 Å². The van der Waals surface area contributed by atoms with Crippen LogP contribution in [0.5, 0.6) is 0 Å². The first-order valence-electron chi connectivity index (χ1n) is 10.7. The summed E-state index contributed by atoms with van der Waals surface area (Å²) in [5, 5.41) is 4.32. The van der Waals surface area contributed by atoms with Crippen LogP contribution in [0.15, 0.2) is 28.0 Å². The van der Waals surface area contributed by atoms with E-state index in [2.05, 4.69) is 29.0 Å². The summed E-state index contributed by atoms with van der Waals surface area (Å²) in [5.41, 5.74) is 2.57. The van der Waals surface area contributed by atoms with Gasteiger partial charge in [-0.05, 0) is 57.0 Å². The van der Waals surface area contributed by atoms with Gasteiger partial charge in [-0.1, -0.05) is 48.8 Å². The number of nitrogens with zero attached hydrogens (tertiary/aromatic N) is 3. The Bertz CT molecular complexity index is 992. The third-order valence-corrected chi connectivity index (χ3v) is 7.29. The Morgan fingerprint density at radius 1 is 1.19 bits per heavy atom. The van der Waals surface area contributed by atoms with Gasteiger partial charge in [0.05, 0.1) is 15.8 Å². The van der Waals surface area contributed by atoms with Gasteiger partial charge in [0.15, 0.2) is 0 Å². The van der Waals surface area contributed by atoms with E-state index < -0.39 is 0 Å². The number of rotatable bonds is 9. The van der Waals surface area contributed by atoms with Crippen molar-refractivity contribution in [2.24, 2.45) is 0 Å². The Balaban J connectivity index is 1.72. The number of amides is 1. The van der Waals surface area contributed by atoms with Crippen LogP contribution in [0, 0.1) is 0 Å². The summed E-state index contributed by atoms with van der Waals surface area (Å²) in [6.07, 6.45) is 3.93. The number of thioether (sulfide) groups is 1. The van der Waals surface area contributed by atoms with Gasteiger partial charge < -0.3 is 10.2 Å². The van der Waals surface area contributed by atoms with E-state index in [0.717, 1.165) is 56.6 Å². The minimum atomic E-state index is -0.222. The summed E-state index contributed by atoms with van der Waals surface area (Å²) in [6, 6.07) is 4.96. The molecule has 0 saturated heterocycles. The molecule has 0 saturated carbocycles. The highest BCUT2D eigenvalue weighted by atomic mass is 35.5. The number of anilines is 1. The van der Waals surface area contributed by atoms with E-state index >= 15 is 0 Å². The molecule has 1 amide bonds. The summed E-state index contributed by atoms with van der Waals surface area (Å²) in [6.45, 7) is 7.66. The van der Waals surface area contributed by atoms with E-state index in [0.29, 0.717) is 27.3 Å². The first-order chi connectivity index (χ1) is 14.9. The largest absolute Gasteiger partial charge is 0.348 e. The molecule has 0 spiro atoms. The molecule has 168 valence electrons. The summed E-state index contributed by atoms with van der Waals surface area (Å²) in [5.74, 6) is -0.0109. The molecule has 3 rings (SSSR count). The Hall–Kier alpha value is -1.54. The quantitative estimate of drug-likeness (QED) is 0.420. The number of fused-ring (bicyclic) bond motifs is 1. The lowest BCUT2D eigenvalue weighted by molar-refractivity contribution is -0.113. The van der Waals surface area contributed by atoms with Crippen molar-refractivity contribution in [3.63, 3.8) is 0 Å². The van der Waals surface area contributed by atoms with Gasteiger partial charge in [-0.2, -0.15) is 4.98 Å². The van der Waals surface area contributed by atoms with Crippen molar-refractivity contribution in [2.45, 2.75) is 51.1 Å². The number of nitrogens with one attached hydrogen (secondary N) is 1. The fourth-order valence-electron chi connectivity index (χ4n) is 3.78. The molecule has 1 aliphatic rings. The zero-order chi connectivity index (χ0) is 22.4. The molecule has 0 atom stereocenters. The van der Waals surface area contributed by atoms with Crippen LogP contribution in [-0.4, -0.2) is 45.7 Å². The number of carbonyl (C=O) groups is 1. The van der Waals surface area contributed by atoms with Gasteiger partial charge in [0.2, 0.25) is 5.91 Å². The first-order valence-corrected chi connectivity index (χ1v) is 12.4. The number of hydrogen-bond donors (Lipinski definition) is 1. The normalized spacial score (nSPS) is 13.3. The molecule has 0 unspecified atom stereocenters. The number of halogens is 2. The van der Waals surface area contributed by atoms with E-state index in [4.69, 9.17) is 23.2 Å². The van der Waals surface area contributed by atoms with Gasteiger partial charge in [-0.15, -0.1) is 0 Å². The molecule has 31 heavy (non-hydrogen) atoms. The lowest BCUT2D eigenvalue weighted by Crippen LogP contribution is -2.35. The van der Waals surface area contributed by atoms with E-state index in [-0.39, 0.29) is 17.3 Å². The number of aromatic nitrogens is 2. The molecular weight excluding hydrogens is 455 g/mol. The fourth-order valence-corrected chi connectivity index (χ4v) is 4.96. The van der Waals surface area contributed by atoms with Crippen LogP contribution in [-0.2, 0) is 24.2 Å². The molecule has 1 aliphatic carbocycles. The molecule has 0 bridgehead atoms. The van der Waals surface area contributed by atoms with Crippen LogP contribution >= 0.6 is 35.0 Å². The molecule has 1 aromatic heterocycles. The number of likely N-dealkylation sites (N-methyl/N-ethyl adjacent to an activating group) is 1. The van der Waals surface area contributed by atoms with E-state index in [9.17, 15) is 9.59 Å². The van der Waals surface area contributed by atoms with Crippen LogP contribution in [0.1, 0.15) is 37.9 Å². The summed E-state index contributed by atoms with van der Waals surface area (Å²) < 4.78 is 1.84. The minimum absolute atomic E-state index is 0.169. The zero-order valence-corrected chi connectivity index (χ0v) is 20.2. The van der Waals surface area contributed by atoms with Gasteiger partial charge >= 0.3 is 5.69 Å². The Morgan fingerprint density at radius 3 is 2.65 bits per heavy atom. The Labute approximate surface area is 197 Å². The maximum absolute atomic E-state index is 12.8. The van der Waals surface area contributed by atoms with Gasteiger partial charge in [0, 0.05) is 30.0 Å². The fraction of sp³-hybridized carbons (Fsp3) is 0.500. The molecule has 9 heteroatoms. The maximum atomic E-state index is 12.8. The van der Waals surface area contributed by atoms with Crippen LogP contribution in [0.25, 0.3) is 0 Å². The highest BCUT2D eigenvalue weighted by molar-refractivity contribution is 8.00. The lowest BCUT2D eigenvalue weighted by atomic mass is 9.97. The second kappa shape index (κ2) is 11.4. The van der Waals surface area contributed by atoms with Gasteiger partial charge in [0.25, 0.3) is 0 Å². The maximum Gasteiger partial charge on any atom is 0.348 e. The third-order valence-electron chi connectivity index (χ3n) is 5.53. The molecule has 2 aromatic rings. The number of carbonyl (C=O) groups excluding carboxylic acids is 1. The first kappa shape index (κ1) is 24.1. The highest BCUT2D eigenvalue weighted by Crippen LogP contribution is 2.29. The van der Waals surface area contributed by atoms with Crippen molar-refractivity contribution in [1.29, 1.82) is 0 Å². The number of hydrogen-bond acceptors (Lipinski definition) is 5. The average Bonchev–Trinajstić information content (AvgIpc) is 2.76. The van der Waals surface area contributed by atoms with E-state index in [1.165, 1.54) is 11.8 Å². The molecule has 6 nitrogen and oxygen atoms in total. The van der Waals surface area contributed by atoms with Crippen LogP contribution < -0.4 is 11.0 Å².